The summed E-state index contributed by atoms with van der Waals surface area (Å²) in [6.07, 6.45) is 1.27. The van der Waals surface area contributed by atoms with Crippen molar-refractivity contribution < 1.29 is 13.6 Å². The molecule has 1 atom stereocenters. The maximum absolute atomic E-state index is 13.0. The Morgan fingerprint density at radius 3 is 2.83 bits per heavy atom. The minimum absolute atomic E-state index is 0. The Morgan fingerprint density at radius 2 is 2.13 bits per heavy atom. The molecule has 0 bridgehead atoms. The van der Waals surface area contributed by atoms with E-state index in [2.05, 4.69) is 15.6 Å². The van der Waals surface area contributed by atoms with Gasteiger partial charge < -0.3 is 9.88 Å². The molecule has 0 saturated carbocycles. The van der Waals surface area contributed by atoms with Crippen molar-refractivity contribution in [1.82, 2.24) is 20.2 Å². The average molecular weight is 367 g/mol. The molecule has 0 aliphatic carbocycles. The van der Waals surface area contributed by atoms with E-state index in [4.69, 9.17) is 0 Å². The summed E-state index contributed by atoms with van der Waals surface area (Å²) in [6.45, 7) is 0.496. The van der Waals surface area contributed by atoms with Gasteiger partial charge in [0.15, 0.2) is 0 Å². The highest BCUT2D eigenvalue weighted by Crippen LogP contribution is 2.24. The molecule has 9 heteroatoms. The lowest BCUT2D eigenvalue weighted by Crippen LogP contribution is -2.41. The topological polar surface area (TPSA) is 59.0 Å². The van der Waals surface area contributed by atoms with Gasteiger partial charge >= 0.3 is 0 Å². The zero-order valence-corrected chi connectivity index (χ0v) is 13.8. The molecule has 1 amide bonds. The number of carbonyl (C=O) groups excluding carboxylic acids is 1. The van der Waals surface area contributed by atoms with Gasteiger partial charge in [-0.2, -0.15) is 0 Å². The normalized spacial score (nSPS) is 19.0. The third-order valence-corrected chi connectivity index (χ3v) is 3.61. The number of para-hydroxylation sites is 2. The summed E-state index contributed by atoms with van der Waals surface area (Å²) in [4.78, 5) is 16.0. The Kier molecular flexibility index (Phi) is 6.73. The molecule has 2 N–H and O–H groups in total. The van der Waals surface area contributed by atoms with Crippen LogP contribution in [0.2, 0.25) is 0 Å². The van der Waals surface area contributed by atoms with E-state index in [9.17, 15) is 13.6 Å². The van der Waals surface area contributed by atoms with Crippen LogP contribution in [0.5, 0.6) is 0 Å². The molecule has 1 fully saturated rings. The molecular weight excluding hydrogens is 349 g/mol. The van der Waals surface area contributed by atoms with Crippen LogP contribution in [0, 0.1) is 0 Å². The number of amides is 1. The standard InChI is InChI=1S/C14H16F2N4O.2ClH/c15-14(16)7-11(18-8-14)13(21)17-5-6-20-9-19-10-3-1-2-4-12(10)20;;/h1-4,9,11,18H,5-8H2,(H,17,21);2*1H. The first-order valence-corrected chi connectivity index (χ1v) is 6.84. The monoisotopic (exact) mass is 366 g/mol. The number of alkyl halides is 2. The third-order valence-electron chi connectivity index (χ3n) is 3.61. The minimum Gasteiger partial charge on any atom is -0.353 e. The molecule has 1 aliphatic heterocycles. The summed E-state index contributed by atoms with van der Waals surface area (Å²) in [5.74, 6) is -3.17. The van der Waals surface area contributed by atoms with Gasteiger partial charge in [-0.25, -0.2) is 13.8 Å². The van der Waals surface area contributed by atoms with Crippen LogP contribution in [0.15, 0.2) is 30.6 Å². The number of rotatable bonds is 4. The zero-order valence-electron chi connectivity index (χ0n) is 12.2. The average Bonchev–Trinajstić information content (AvgIpc) is 3.03. The third kappa shape index (κ3) is 4.53. The van der Waals surface area contributed by atoms with Crippen LogP contribution >= 0.6 is 24.8 Å². The molecule has 1 unspecified atom stereocenters. The molecule has 23 heavy (non-hydrogen) atoms. The van der Waals surface area contributed by atoms with Crippen LogP contribution < -0.4 is 10.6 Å². The SMILES string of the molecule is Cl.Cl.O=C(NCCn1cnc2ccccc21)C1CC(F)(F)CN1. The lowest BCUT2D eigenvalue weighted by Gasteiger charge is -2.11. The highest BCUT2D eigenvalue weighted by Gasteiger charge is 2.42. The molecule has 0 spiro atoms. The van der Waals surface area contributed by atoms with E-state index in [1.165, 1.54) is 0 Å². The summed E-state index contributed by atoms with van der Waals surface area (Å²) in [5, 5.41) is 5.22. The quantitative estimate of drug-likeness (QED) is 0.869. The van der Waals surface area contributed by atoms with Crippen molar-refractivity contribution in [2.45, 2.75) is 24.9 Å². The molecule has 1 aliphatic rings. The molecule has 0 radical (unpaired) electrons. The number of aromatic nitrogens is 2. The maximum Gasteiger partial charge on any atom is 0.262 e. The summed E-state index contributed by atoms with van der Waals surface area (Å²) in [5.41, 5.74) is 1.87. The van der Waals surface area contributed by atoms with Crippen molar-refractivity contribution in [3.8, 4) is 0 Å². The minimum atomic E-state index is -2.79. The second kappa shape index (κ2) is 7.90. The Bertz CT molecular complexity index is 665. The van der Waals surface area contributed by atoms with Crippen molar-refractivity contribution in [1.29, 1.82) is 0 Å². The van der Waals surface area contributed by atoms with E-state index in [0.29, 0.717) is 13.1 Å². The highest BCUT2D eigenvalue weighted by atomic mass is 35.5. The fourth-order valence-electron chi connectivity index (χ4n) is 2.51. The number of hydrogen-bond acceptors (Lipinski definition) is 3. The van der Waals surface area contributed by atoms with Crippen molar-refractivity contribution in [2.24, 2.45) is 0 Å². The van der Waals surface area contributed by atoms with Crippen molar-refractivity contribution in [3.63, 3.8) is 0 Å². The predicted octanol–water partition coefficient (Wildman–Crippen LogP) is 1.99. The largest absolute Gasteiger partial charge is 0.353 e. The van der Waals surface area contributed by atoms with E-state index in [1.807, 2.05) is 28.8 Å². The smallest absolute Gasteiger partial charge is 0.262 e. The first-order valence-electron chi connectivity index (χ1n) is 6.84. The van der Waals surface area contributed by atoms with Crippen molar-refractivity contribution in [2.75, 3.05) is 13.1 Å². The first kappa shape index (κ1) is 19.6. The molecule has 2 heterocycles. The fraction of sp³-hybridized carbons (Fsp3) is 0.429. The number of imidazole rings is 1. The van der Waals surface area contributed by atoms with Gasteiger partial charge in [0.1, 0.15) is 0 Å². The Balaban J connectivity index is 0.00000132. The zero-order chi connectivity index (χ0) is 14.9. The molecule has 128 valence electrons. The second-order valence-corrected chi connectivity index (χ2v) is 5.21. The molecular formula is C14H18Cl2F2N4O. The van der Waals surface area contributed by atoms with Gasteiger partial charge in [-0.1, -0.05) is 12.1 Å². The summed E-state index contributed by atoms with van der Waals surface area (Å²) < 4.78 is 28.0. The summed E-state index contributed by atoms with van der Waals surface area (Å²) in [7, 11) is 0. The van der Waals surface area contributed by atoms with E-state index in [0.717, 1.165) is 11.0 Å². The van der Waals surface area contributed by atoms with E-state index >= 15 is 0 Å². The van der Waals surface area contributed by atoms with Gasteiger partial charge in [0, 0.05) is 19.5 Å². The van der Waals surface area contributed by atoms with Gasteiger partial charge in [-0.05, 0) is 12.1 Å². The number of nitrogens with one attached hydrogen (secondary N) is 2. The van der Waals surface area contributed by atoms with Crippen molar-refractivity contribution >= 4 is 41.8 Å². The summed E-state index contributed by atoms with van der Waals surface area (Å²) in [6, 6.07) is 6.88. The number of fused-ring (bicyclic) bond motifs is 1. The van der Waals surface area contributed by atoms with Gasteiger partial charge in [0.05, 0.1) is 29.9 Å². The molecule has 1 saturated heterocycles. The van der Waals surface area contributed by atoms with E-state index in [-0.39, 0.29) is 30.7 Å². The maximum atomic E-state index is 13.0. The molecule has 2 aromatic rings. The number of halogens is 4. The lowest BCUT2D eigenvalue weighted by molar-refractivity contribution is -0.123. The van der Waals surface area contributed by atoms with Gasteiger partial charge in [0.25, 0.3) is 5.92 Å². The number of hydrogen-bond donors (Lipinski definition) is 2. The summed E-state index contributed by atoms with van der Waals surface area (Å²) >= 11 is 0. The van der Waals surface area contributed by atoms with Crippen LogP contribution in [0.1, 0.15) is 6.42 Å². The molecule has 1 aromatic carbocycles. The fourth-order valence-corrected chi connectivity index (χ4v) is 2.51. The number of nitrogens with zero attached hydrogens (tertiary/aromatic N) is 2. The molecule has 5 nitrogen and oxygen atoms in total. The van der Waals surface area contributed by atoms with Crippen LogP contribution in [-0.4, -0.2) is 40.5 Å². The van der Waals surface area contributed by atoms with E-state index in [1.54, 1.807) is 6.33 Å². The molecule has 3 rings (SSSR count). The highest BCUT2D eigenvalue weighted by molar-refractivity contribution is 5.85. The molecule has 1 aromatic heterocycles. The van der Waals surface area contributed by atoms with E-state index < -0.39 is 24.9 Å². The number of carbonyl (C=O) groups is 1. The van der Waals surface area contributed by atoms with Crippen LogP contribution in [0.4, 0.5) is 8.78 Å². The first-order chi connectivity index (χ1) is 10.1. The van der Waals surface area contributed by atoms with Gasteiger partial charge in [0.2, 0.25) is 5.91 Å². The van der Waals surface area contributed by atoms with Crippen molar-refractivity contribution in [3.05, 3.63) is 30.6 Å². The van der Waals surface area contributed by atoms with Crippen LogP contribution in [0.3, 0.4) is 0 Å². The lowest BCUT2D eigenvalue weighted by atomic mass is 10.2. The number of benzene rings is 1. The van der Waals surface area contributed by atoms with Crippen LogP contribution in [-0.2, 0) is 11.3 Å². The second-order valence-electron chi connectivity index (χ2n) is 5.21. The van der Waals surface area contributed by atoms with Gasteiger partial charge in [-0.15, -0.1) is 24.8 Å². The Labute approximate surface area is 144 Å². The van der Waals surface area contributed by atoms with Crippen LogP contribution in [0.25, 0.3) is 11.0 Å². The predicted molar refractivity (Wildman–Crippen MR) is 88.6 cm³/mol. The Morgan fingerprint density at radius 1 is 1.39 bits per heavy atom. The van der Waals surface area contributed by atoms with Gasteiger partial charge in [-0.3, -0.25) is 10.1 Å². The Hall–Kier alpha value is -1.44.